The third kappa shape index (κ3) is 7.43. The van der Waals surface area contributed by atoms with Crippen LogP contribution < -0.4 is 4.74 Å². The van der Waals surface area contributed by atoms with Crippen LogP contribution in [0.5, 0.6) is 5.75 Å². The molecule has 0 amide bonds. The molecule has 7 heteroatoms. The highest BCUT2D eigenvalue weighted by molar-refractivity contribution is 7.99. The van der Waals surface area contributed by atoms with Crippen LogP contribution in [0.15, 0.2) is 83.8 Å². The Bertz CT molecular complexity index is 1130. The van der Waals surface area contributed by atoms with Crippen molar-refractivity contribution in [3.63, 3.8) is 0 Å². The first kappa shape index (κ1) is 24.5. The number of aryl methyl sites for hydroxylation is 1. The lowest BCUT2D eigenvalue weighted by Gasteiger charge is -2.16. The normalized spacial score (nSPS) is 11.9. The van der Waals surface area contributed by atoms with Crippen LogP contribution in [-0.2, 0) is 11.2 Å². The summed E-state index contributed by atoms with van der Waals surface area (Å²) < 4.78 is 44.7. The number of carboxylic acids is 1. The summed E-state index contributed by atoms with van der Waals surface area (Å²) >= 11 is 1.55. The number of ether oxygens (including phenoxy) is 1. The number of halogens is 3. The topological polar surface area (TPSA) is 46.5 Å². The zero-order valence-corrected chi connectivity index (χ0v) is 18.7. The fraction of sp³-hybridized carbons (Fsp3) is 0.192. The highest BCUT2D eigenvalue weighted by atomic mass is 32.2. The molecule has 0 atom stereocenters. The Kier molecular flexibility index (Phi) is 8.22. The smallest absolute Gasteiger partial charge is 0.393 e. The van der Waals surface area contributed by atoms with Crippen molar-refractivity contribution >= 4 is 23.3 Å². The minimum absolute atomic E-state index is 0.237. The van der Waals surface area contributed by atoms with Gasteiger partial charge in [-0.1, -0.05) is 60.7 Å². The second-order valence-electron chi connectivity index (χ2n) is 7.35. The van der Waals surface area contributed by atoms with E-state index in [0.717, 1.165) is 21.6 Å². The molecular formula is C26H23F3O3S. The summed E-state index contributed by atoms with van der Waals surface area (Å²) in [4.78, 5) is 11.6. The molecule has 0 aliphatic carbocycles. The molecule has 1 N–H and O–H groups in total. The van der Waals surface area contributed by atoms with Crippen LogP contribution in [0.1, 0.15) is 22.3 Å². The Morgan fingerprint density at radius 2 is 1.73 bits per heavy atom. The van der Waals surface area contributed by atoms with Crippen molar-refractivity contribution in [1.29, 1.82) is 0 Å². The van der Waals surface area contributed by atoms with Crippen molar-refractivity contribution in [2.24, 2.45) is 0 Å². The second kappa shape index (κ2) is 11.1. The molecule has 3 nitrogen and oxygen atoms in total. The summed E-state index contributed by atoms with van der Waals surface area (Å²) in [6.07, 6.45) is -3.34. The highest BCUT2D eigenvalue weighted by Gasteiger charge is 2.29. The molecule has 3 aromatic carbocycles. The van der Waals surface area contributed by atoms with E-state index in [1.54, 1.807) is 42.1 Å². The lowest BCUT2D eigenvalue weighted by Crippen LogP contribution is -2.13. The van der Waals surface area contributed by atoms with Crippen molar-refractivity contribution in [1.82, 2.24) is 0 Å². The molecule has 0 unspecified atom stereocenters. The summed E-state index contributed by atoms with van der Waals surface area (Å²) in [5.41, 5.74) is 3.33. The lowest BCUT2D eigenvalue weighted by atomic mass is 9.92. The van der Waals surface area contributed by atoms with E-state index < -0.39 is 25.2 Å². The van der Waals surface area contributed by atoms with E-state index in [2.05, 4.69) is 0 Å². The first-order chi connectivity index (χ1) is 15.7. The molecule has 0 bridgehead atoms. The van der Waals surface area contributed by atoms with Crippen LogP contribution in [0.25, 0.3) is 5.57 Å². The minimum Gasteiger partial charge on any atom is -0.482 e. The highest BCUT2D eigenvalue weighted by Crippen LogP contribution is 2.32. The molecular weight excluding hydrogens is 449 g/mol. The fourth-order valence-corrected chi connectivity index (χ4v) is 4.27. The predicted octanol–water partition coefficient (Wildman–Crippen LogP) is 6.79. The number of hydrogen-bond donors (Lipinski definition) is 1. The molecule has 0 saturated carbocycles. The number of carboxylic acid groups (broad SMARTS) is 1. The zero-order valence-electron chi connectivity index (χ0n) is 17.9. The summed E-state index contributed by atoms with van der Waals surface area (Å²) in [6.45, 7) is 1.49. The van der Waals surface area contributed by atoms with Crippen LogP contribution in [0.4, 0.5) is 13.2 Å². The Labute approximate surface area is 194 Å². The van der Waals surface area contributed by atoms with Gasteiger partial charge in [0.2, 0.25) is 0 Å². The maximum Gasteiger partial charge on any atom is 0.393 e. The molecule has 0 heterocycles. The number of thioether (sulfide) groups is 1. The number of aliphatic carboxylic acids is 1. The molecule has 3 rings (SSSR count). The van der Waals surface area contributed by atoms with Crippen molar-refractivity contribution < 1.29 is 27.8 Å². The average Bonchev–Trinajstić information content (AvgIpc) is 2.77. The van der Waals surface area contributed by atoms with Gasteiger partial charge in [-0.2, -0.15) is 13.2 Å². The molecule has 0 aliphatic rings. The molecule has 0 aliphatic heterocycles. The molecule has 0 radical (unpaired) electrons. The lowest BCUT2D eigenvalue weighted by molar-refractivity contribution is -0.139. The quantitative estimate of drug-likeness (QED) is 0.349. The van der Waals surface area contributed by atoms with E-state index in [1.807, 2.05) is 49.4 Å². The first-order valence-electron chi connectivity index (χ1n) is 10.2. The Balaban J connectivity index is 1.86. The number of alkyl halides is 3. The van der Waals surface area contributed by atoms with Crippen LogP contribution in [0.3, 0.4) is 0 Å². The van der Waals surface area contributed by atoms with Gasteiger partial charge in [0.05, 0.1) is 6.42 Å². The van der Waals surface area contributed by atoms with E-state index in [9.17, 15) is 18.0 Å². The number of benzene rings is 3. The molecule has 0 spiro atoms. The summed E-state index contributed by atoms with van der Waals surface area (Å²) in [6, 6.07) is 21.3. The second-order valence-corrected chi connectivity index (χ2v) is 8.42. The van der Waals surface area contributed by atoms with Gasteiger partial charge in [-0.3, -0.25) is 0 Å². The maximum atomic E-state index is 13.2. The van der Waals surface area contributed by atoms with Gasteiger partial charge in [0, 0.05) is 10.6 Å². The van der Waals surface area contributed by atoms with Gasteiger partial charge in [-0.05, 0) is 52.9 Å². The van der Waals surface area contributed by atoms with Crippen LogP contribution >= 0.6 is 11.8 Å². The third-order valence-electron chi connectivity index (χ3n) is 4.82. The van der Waals surface area contributed by atoms with Crippen LogP contribution in [0.2, 0.25) is 0 Å². The zero-order chi connectivity index (χ0) is 23.8. The van der Waals surface area contributed by atoms with Crippen LogP contribution in [-0.4, -0.2) is 29.6 Å². The Morgan fingerprint density at radius 1 is 1.03 bits per heavy atom. The van der Waals surface area contributed by atoms with Crippen molar-refractivity contribution in [3.8, 4) is 5.75 Å². The summed E-state index contributed by atoms with van der Waals surface area (Å²) in [5.74, 6) is -0.0304. The Hall–Kier alpha value is -3.19. The van der Waals surface area contributed by atoms with Gasteiger partial charge >= 0.3 is 12.1 Å². The van der Waals surface area contributed by atoms with E-state index in [1.165, 1.54) is 6.07 Å². The Morgan fingerprint density at radius 3 is 2.39 bits per heavy atom. The van der Waals surface area contributed by atoms with E-state index in [-0.39, 0.29) is 5.56 Å². The first-order valence-corrected chi connectivity index (χ1v) is 11.2. The van der Waals surface area contributed by atoms with Crippen molar-refractivity contribution in [2.45, 2.75) is 24.4 Å². The van der Waals surface area contributed by atoms with Gasteiger partial charge in [-0.15, -0.1) is 11.8 Å². The van der Waals surface area contributed by atoms with Gasteiger partial charge in [0.25, 0.3) is 0 Å². The molecule has 0 saturated heterocycles. The van der Waals surface area contributed by atoms with Crippen molar-refractivity contribution in [3.05, 3.63) is 101 Å². The number of hydrogen-bond acceptors (Lipinski definition) is 3. The molecule has 172 valence electrons. The molecule has 3 aromatic rings. The van der Waals surface area contributed by atoms with Crippen LogP contribution in [0, 0.1) is 6.92 Å². The van der Waals surface area contributed by atoms with E-state index >= 15 is 0 Å². The van der Waals surface area contributed by atoms with Gasteiger partial charge in [0.15, 0.2) is 6.61 Å². The summed E-state index contributed by atoms with van der Waals surface area (Å²) in [7, 11) is 0. The monoisotopic (exact) mass is 472 g/mol. The number of carbonyl (C=O) groups is 1. The SMILES string of the molecule is Cc1cc(OCC(=O)O)ccc1SCC=C(c1ccccc1)c1ccccc1CC(F)(F)F. The summed E-state index contributed by atoms with van der Waals surface area (Å²) in [5, 5.41) is 8.74. The van der Waals surface area contributed by atoms with Crippen molar-refractivity contribution in [2.75, 3.05) is 12.4 Å². The standard InChI is InChI=1S/C26H23F3O3S/c1-18-15-21(32-17-25(30)31)11-12-24(18)33-14-13-23(19-7-3-2-4-8-19)22-10-6-5-9-20(22)16-26(27,28)29/h2-13,15H,14,16-17H2,1H3,(H,30,31). The molecule has 0 fully saturated rings. The van der Waals surface area contributed by atoms with Gasteiger partial charge < -0.3 is 9.84 Å². The van der Waals surface area contributed by atoms with E-state index in [4.69, 9.17) is 9.84 Å². The molecule has 33 heavy (non-hydrogen) atoms. The predicted molar refractivity (Wildman–Crippen MR) is 125 cm³/mol. The van der Waals surface area contributed by atoms with Gasteiger partial charge in [0.1, 0.15) is 5.75 Å². The fourth-order valence-electron chi connectivity index (χ4n) is 3.39. The van der Waals surface area contributed by atoms with Gasteiger partial charge in [-0.25, -0.2) is 4.79 Å². The molecule has 0 aromatic heterocycles. The van der Waals surface area contributed by atoms with E-state index in [0.29, 0.717) is 17.1 Å². The number of rotatable bonds is 9. The largest absolute Gasteiger partial charge is 0.482 e. The maximum absolute atomic E-state index is 13.2. The average molecular weight is 473 g/mol. The third-order valence-corrected chi connectivity index (χ3v) is 5.92. The minimum atomic E-state index is -4.30.